The van der Waals surface area contributed by atoms with Crippen LogP contribution in [-0.4, -0.2) is 22.8 Å². The van der Waals surface area contributed by atoms with Gasteiger partial charge in [-0.25, -0.2) is 0 Å². The van der Waals surface area contributed by atoms with Gasteiger partial charge in [0.25, 0.3) is 0 Å². The molecule has 0 radical (unpaired) electrons. The maximum atomic E-state index is 4.84. The molecule has 2 aromatic rings. The molecule has 0 saturated carbocycles. The minimum Gasteiger partial charge on any atom is -0.292 e. The number of hydrogen-bond donors (Lipinski definition) is 0. The lowest BCUT2D eigenvalue weighted by Crippen LogP contribution is -2.27. The molecule has 1 aliphatic heterocycles. The van der Waals surface area contributed by atoms with Crippen molar-refractivity contribution < 1.29 is 0 Å². The Labute approximate surface area is 119 Å². The predicted octanol–water partition coefficient (Wildman–Crippen LogP) is 3.03. The molecule has 20 heavy (non-hydrogen) atoms. The molecule has 100 valence electrons. The Balaban J connectivity index is 1.77. The molecule has 0 saturated heterocycles. The van der Waals surface area contributed by atoms with Gasteiger partial charge in [-0.15, -0.1) is 0 Å². The molecule has 3 heteroatoms. The normalized spacial score (nSPS) is 24.1. The van der Waals surface area contributed by atoms with Gasteiger partial charge in [-0.2, -0.15) is 5.10 Å². The summed E-state index contributed by atoms with van der Waals surface area (Å²) >= 11 is 0. The van der Waals surface area contributed by atoms with Crippen LogP contribution in [0.4, 0.5) is 0 Å². The van der Waals surface area contributed by atoms with E-state index in [1.807, 2.05) is 12.4 Å². The van der Waals surface area contributed by atoms with Crippen molar-refractivity contribution in [3.63, 3.8) is 0 Å². The van der Waals surface area contributed by atoms with Crippen molar-refractivity contribution in [3.05, 3.63) is 65.5 Å². The molecule has 0 fully saturated rings. The van der Waals surface area contributed by atoms with Crippen molar-refractivity contribution in [2.45, 2.75) is 18.9 Å². The molecule has 3 nitrogen and oxygen atoms in total. The Morgan fingerprint density at radius 3 is 2.75 bits per heavy atom. The number of hydrazone groups is 1. The van der Waals surface area contributed by atoms with Crippen LogP contribution in [0.2, 0.25) is 0 Å². The van der Waals surface area contributed by atoms with Gasteiger partial charge in [-0.3, -0.25) is 9.99 Å². The van der Waals surface area contributed by atoms with E-state index in [-0.39, 0.29) is 0 Å². The molecule has 0 bridgehead atoms. The molecule has 0 amide bonds. The van der Waals surface area contributed by atoms with E-state index in [1.165, 1.54) is 28.8 Å². The highest BCUT2D eigenvalue weighted by atomic mass is 15.5. The highest BCUT2D eigenvalue weighted by Crippen LogP contribution is 2.42. The van der Waals surface area contributed by atoms with Gasteiger partial charge in [0.2, 0.25) is 0 Å². The lowest BCUT2D eigenvalue weighted by atomic mass is 9.77. The fourth-order valence-corrected chi connectivity index (χ4v) is 3.57. The van der Waals surface area contributed by atoms with Crippen LogP contribution in [0.15, 0.2) is 53.9 Å². The first kappa shape index (κ1) is 11.6. The third-order valence-electron chi connectivity index (χ3n) is 4.47. The fourth-order valence-electron chi connectivity index (χ4n) is 3.57. The largest absolute Gasteiger partial charge is 0.292 e. The third kappa shape index (κ3) is 1.66. The molecule has 2 heterocycles. The van der Waals surface area contributed by atoms with Crippen LogP contribution in [-0.2, 0) is 6.42 Å². The Hall–Kier alpha value is -2.16. The van der Waals surface area contributed by atoms with Crippen LogP contribution in [0, 0.1) is 5.92 Å². The van der Waals surface area contributed by atoms with E-state index < -0.39 is 0 Å². The minimum atomic E-state index is 0.348. The number of pyridine rings is 1. The number of nitrogens with zero attached hydrogens (tertiary/aromatic N) is 3. The van der Waals surface area contributed by atoms with Gasteiger partial charge in [-0.05, 0) is 36.1 Å². The van der Waals surface area contributed by atoms with Gasteiger partial charge in [0.05, 0.1) is 11.8 Å². The Morgan fingerprint density at radius 1 is 1.10 bits per heavy atom. The molecule has 1 aromatic carbocycles. The van der Waals surface area contributed by atoms with Gasteiger partial charge < -0.3 is 0 Å². The second kappa shape index (κ2) is 4.44. The van der Waals surface area contributed by atoms with E-state index in [9.17, 15) is 0 Å². The number of aromatic nitrogens is 1. The Kier molecular flexibility index (Phi) is 2.59. The average molecular weight is 263 g/mol. The lowest BCUT2D eigenvalue weighted by molar-refractivity contribution is 0.243. The molecule has 0 N–H and O–H groups in total. The van der Waals surface area contributed by atoms with Crippen LogP contribution in [0.5, 0.6) is 0 Å². The second-order valence-electron chi connectivity index (χ2n) is 5.59. The maximum Gasteiger partial charge on any atom is 0.0802 e. The van der Waals surface area contributed by atoms with Crippen molar-refractivity contribution in [2.75, 3.05) is 7.05 Å². The van der Waals surface area contributed by atoms with Crippen LogP contribution in [0.3, 0.4) is 0 Å². The molecule has 2 aliphatic rings. The van der Waals surface area contributed by atoms with Gasteiger partial charge in [0, 0.05) is 30.9 Å². The van der Waals surface area contributed by atoms with Gasteiger partial charge in [0.15, 0.2) is 0 Å². The van der Waals surface area contributed by atoms with E-state index in [0.717, 1.165) is 6.42 Å². The zero-order valence-electron chi connectivity index (χ0n) is 11.5. The van der Waals surface area contributed by atoms with E-state index >= 15 is 0 Å². The van der Waals surface area contributed by atoms with Gasteiger partial charge in [-0.1, -0.05) is 24.3 Å². The first-order valence-electron chi connectivity index (χ1n) is 7.14. The van der Waals surface area contributed by atoms with Crippen molar-refractivity contribution in [2.24, 2.45) is 11.0 Å². The Morgan fingerprint density at radius 2 is 1.90 bits per heavy atom. The summed E-state index contributed by atoms with van der Waals surface area (Å²) in [5, 5.41) is 6.96. The topological polar surface area (TPSA) is 28.5 Å². The van der Waals surface area contributed by atoms with Crippen molar-refractivity contribution in [1.82, 2.24) is 9.99 Å². The van der Waals surface area contributed by atoms with E-state index in [0.29, 0.717) is 12.0 Å². The summed E-state index contributed by atoms with van der Waals surface area (Å²) in [6.45, 7) is 0. The van der Waals surface area contributed by atoms with Crippen LogP contribution in [0.25, 0.3) is 0 Å². The third-order valence-corrected chi connectivity index (χ3v) is 4.47. The molecular weight excluding hydrogens is 246 g/mol. The quantitative estimate of drug-likeness (QED) is 0.791. The molecule has 0 spiro atoms. The van der Waals surface area contributed by atoms with Gasteiger partial charge in [0.1, 0.15) is 0 Å². The second-order valence-corrected chi connectivity index (χ2v) is 5.59. The van der Waals surface area contributed by atoms with Crippen molar-refractivity contribution >= 4 is 5.71 Å². The first-order chi connectivity index (χ1) is 9.84. The van der Waals surface area contributed by atoms with Crippen molar-refractivity contribution in [3.8, 4) is 0 Å². The van der Waals surface area contributed by atoms with E-state index in [2.05, 4.69) is 53.4 Å². The number of fused-ring (bicyclic) bond motifs is 3. The fraction of sp³-hybridized carbons (Fsp3) is 0.294. The summed E-state index contributed by atoms with van der Waals surface area (Å²) in [4.78, 5) is 4.13. The summed E-state index contributed by atoms with van der Waals surface area (Å²) in [5.74, 6) is 0.497. The highest BCUT2D eigenvalue weighted by molar-refractivity contribution is 6.05. The van der Waals surface area contributed by atoms with E-state index in [4.69, 9.17) is 5.10 Å². The lowest BCUT2D eigenvalue weighted by Gasteiger charge is -2.28. The van der Waals surface area contributed by atoms with Crippen molar-refractivity contribution in [1.29, 1.82) is 0 Å². The maximum absolute atomic E-state index is 4.84. The smallest absolute Gasteiger partial charge is 0.0802 e. The first-order valence-corrected chi connectivity index (χ1v) is 7.14. The number of aryl methyl sites for hydroxylation is 1. The van der Waals surface area contributed by atoms with Crippen LogP contribution >= 0.6 is 0 Å². The zero-order chi connectivity index (χ0) is 13.5. The molecule has 4 rings (SSSR count). The zero-order valence-corrected chi connectivity index (χ0v) is 11.5. The summed E-state index contributed by atoms with van der Waals surface area (Å²) in [7, 11) is 2.08. The molecule has 2 atom stereocenters. The molecule has 0 unspecified atom stereocenters. The summed E-state index contributed by atoms with van der Waals surface area (Å²) in [5.41, 5.74) is 5.35. The molecule has 1 aliphatic carbocycles. The predicted molar refractivity (Wildman–Crippen MR) is 79.5 cm³/mol. The average Bonchev–Trinajstić information content (AvgIpc) is 2.84. The summed E-state index contributed by atoms with van der Waals surface area (Å²) in [6.07, 6.45) is 6.07. The molecule has 1 aromatic heterocycles. The van der Waals surface area contributed by atoms with E-state index in [1.54, 1.807) is 0 Å². The monoisotopic (exact) mass is 263 g/mol. The van der Waals surface area contributed by atoms with Gasteiger partial charge >= 0.3 is 0 Å². The number of rotatable bonds is 1. The summed E-state index contributed by atoms with van der Waals surface area (Å²) in [6, 6.07) is 13.3. The molecular formula is C17H17N3. The van der Waals surface area contributed by atoms with Crippen LogP contribution in [0.1, 0.15) is 29.2 Å². The highest BCUT2D eigenvalue weighted by Gasteiger charge is 2.39. The standard InChI is InChI=1S/C17H17N3/c1-20-17(13-8-10-18-11-9-13)15-7-6-12-4-2-3-5-14(12)16(15)19-20/h2-5,8-11,15,17H,6-7H2,1H3/t15-,17-/m0/s1. The number of hydrogen-bond acceptors (Lipinski definition) is 3. The Bertz CT molecular complexity index is 663. The number of benzene rings is 1. The minimum absolute atomic E-state index is 0.348. The van der Waals surface area contributed by atoms with Crippen LogP contribution < -0.4 is 0 Å². The summed E-state index contributed by atoms with van der Waals surface area (Å²) < 4.78 is 0. The SMILES string of the molecule is CN1N=C2c3ccccc3CC[C@@H]2[C@@H]1c1ccncc1.